The standard InChI is InChI=1S/C14H22BNOP/c1-14(2,3)18(4,15)16-13-11-8-6-5-7-10(11)9-12(13)17/h5-8,12-13,16-17H,9H2,1-4H3/t12-,13+,18?/m1/s1. The van der Waals surface area contributed by atoms with E-state index in [1.54, 1.807) is 0 Å². The van der Waals surface area contributed by atoms with Gasteiger partial charge in [-0.15, -0.1) is 0 Å². The molecule has 1 aromatic carbocycles. The van der Waals surface area contributed by atoms with E-state index in [1.807, 2.05) is 12.1 Å². The summed E-state index contributed by atoms with van der Waals surface area (Å²) in [6, 6.07) is 8.20. The van der Waals surface area contributed by atoms with Gasteiger partial charge in [0.05, 0.1) is 12.1 Å². The minimum atomic E-state index is -1.78. The van der Waals surface area contributed by atoms with E-state index < -0.39 is 7.29 Å². The molecule has 0 bridgehead atoms. The van der Waals surface area contributed by atoms with Gasteiger partial charge in [0.15, 0.2) is 0 Å². The fourth-order valence-electron chi connectivity index (χ4n) is 2.21. The zero-order valence-corrected chi connectivity index (χ0v) is 12.5. The van der Waals surface area contributed by atoms with Crippen molar-refractivity contribution in [2.75, 3.05) is 6.66 Å². The summed E-state index contributed by atoms with van der Waals surface area (Å²) in [7, 11) is 4.70. The van der Waals surface area contributed by atoms with Gasteiger partial charge in [0, 0.05) is 18.2 Å². The van der Waals surface area contributed by atoms with E-state index in [0.717, 1.165) is 6.42 Å². The van der Waals surface area contributed by atoms with Crippen molar-refractivity contribution in [3.63, 3.8) is 0 Å². The van der Waals surface area contributed by atoms with Crippen LogP contribution >= 0.6 is 7.29 Å². The molecule has 2 rings (SSSR count). The molecule has 0 fully saturated rings. The van der Waals surface area contributed by atoms with Gasteiger partial charge < -0.3 is 5.11 Å². The molecule has 4 heteroatoms. The van der Waals surface area contributed by atoms with Gasteiger partial charge in [-0.25, -0.2) is 5.09 Å². The summed E-state index contributed by atoms with van der Waals surface area (Å²) in [6.07, 6.45) is 0.352. The molecule has 2 nitrogen and oxygen atoms in total. The highest BCUT2D eigenvalue weighted by atomic mass is 31.2. The maximum absolute atomic E-state index is 10.2. The van der Waals surface area contributed by atoms with Gasteiger partial charge in [-0.1, -0.05) is 24.3 Å². The molecule has 0 heterocycles. The Labute approximate surface area is 112 Å². The first kappa shape index (κ1) is 14.1. The molecule has 0 aromatic heterocycles. The van der Waals surface area contributed by atoms with Crippen molar-refractivity contribution in [1.82, 2.24) is 5.09 Å². The summed E-state index contributed by atoms with van der Waals surface area (Å²) in [5.74, 6) is 0. The van der Waals surface area contributed by atoms with Crippen LogP contribution in [0, 0.1) is 0 Å². The second-order valence-corrected chi connectivity index (χ2v) is 10.1. The minimum absolute atomic E-state index is 0.0243. The van der Waals surface area contributed by atoms with Gasteiger partial charge in [-0.3, -0.25) is 7.57 Å². The maximum atomic E-state index is 10.2. The largest absolute Gasteiger partial charge is 0.391 e. The van der Waals surface area contributed by atoms with Crippen molar-refractivity contribution in [3.8, 4) is 0 Å². The van der Waals surface area contributed by atoms with Crippen LogP contribution in [0.4, 0.5) is 0 Å². The first-order valence-corrected chi connectivity index (χ1v) is 8.72. The average Bonchev–Trinajstić information content (AvgIpc) is 2.54. The number of aliphatic hydroxyl groups is 1. The number of hydrogen-bond acceptors (Lipinski definition) is 2. The van der Waals surface area contributed by atoms with Crippen LogP contribution in [0.5, 0.6) is 0 Å². The van der Waals surface area contributed by atoms with E-state index in [0.29, 0.717) is 0 Å². The van der Waals surface area contributed by atoms with Crippen LogP contribution in [-0.2, 0) is 6.42 Å². The number of nitrogens with one attached hydrogen (secondary N) is 1. The normalized spacial score (nSPS) is 26.8. The highest BCUT2D eigenvalue weighted by molar-refractivity contribution is 7.96. The number of fused-ring (bicyclic) bond motifs is 1. The Morgan fingerprint density at radius 1 is 1.33 bits per heavy atom. The van der Waals surface area contributed by atoms with Crippen molar-refractivity contribution in [1.29, 1.82) is 0 Å². The smallest absolute Gasteiger partial charge is 0.0877 e. The predicted octanol–water partition coefficient (Wildman–Crippen LogP) is 2.68. The van der Waals surface area contributed by atoms with Gasteiger partial charge in [-0.2, -0.15) is 7.29 Å². The summed E-state index contributed by atoms with van der Waals surface area (Å²) in [4.78, 5) is 0. The molecule has 18 heavy (non-hydrogen) atoms. The zero-order valence-electron chi connectivity index (χ0n) is 11.6. The fourth-order valence-corrected chi connectivity index (χ4v) is 3.49. The first-order chi connectivity index (χ1) is 8.22. The van der Waals surface area contributed by atoms with Crippen LogP contribution < -0.4 is 5.09 Å². The monoisotopic (exact) mass is 262 g/mol. The van der Waals surface area contributed by atoms with Gasteiger partial charge in [0.1, 0.15) is 0 Å². The van der Waals surface area contributed by atoms with Crippen molar-refractivity contribution in [3.05, 3.63) is 35.4 Å². The number of aliphatic hydroxyl groups excluding tert-OH is 1. The molecule has 0 amide bonds. The van der Waals surface area contributed by atoms with Crippen LogP contribution in [0.15, 0.2) is 24.3 Å². The molecule has 0 spiro atoms. The van der Waals surface area contributed by atoms with E-state index in [2.05, 4.69) is 44.7 Å². The molecule has 2 N–H and O–H groups in total. The van der Waals surface area contributed by atoms with E-state index in [9.17, 15) is 5.11 Å². The summed E-state index contributed by atoms with van der Waals surface area (Å²) in [5.41, 5.74) is 2.43. The third-order valence-electron chi connectivity index (χ3n) is 4.00. The van der Waals surface area contributed by atoms with E-state index in [4.69, 9.17) is 7.57 Å². The molecule has 3 atom stereocenters. The lowest BCUT2D eigenvalue weighted by molar-refractivity contribution is 0.152. The van der Waals surface area contributed by atoms with E-state index in [-0.39, 0.29) is 17.3 Å². The first-order valence-electron chi connectivity index (χ1n) is 6.41. The summed E-state index contributed by atoms with van der Waals surface area (Å²) in [6.45, 7) is 8.56. The molecule has 1 unspecified atom stereocenters. The second-order valence-electron chi connectivity index (χ2n) is 6.32. The average molecular weight is 262 g/mol. The SMILES string of the molecule is [B-][P+](C)(N[C@H]1c2ccccc2C[C@H]1O)C(C)(C)C. The quantitative estimate of drug-likeness (QED) is 0.634. The molecular formula is C14H22BNOP. The zero-order chi connectivity index (χ0) is 13.6. The van der Waals surface area contributed by atoms with Crippen molar-refractivity contribution < 1.29 is 5.11 Å². The van der Waals surface area contributed by atoms with Crippen LogP contribution in [0.1, 0.15) is 37.9 Å². The second kappa shape index (κ2) is 4.63. The predicted molar refractivity (Wildman–Crippen MR) is 80.4 cm³/mol. The van der Waals surface area contributed by atoms with Crippen molar-refractivity contribution >= 4 is 14.9 Å². The lowest BCUT2D eigenvalue weighted by Gasteiger charge is -2.47. The molecule has 0 saturated carbocycles. The van der Waals surface area contributed by atoms with Gasteiger partial charge in [-0.05, 0) is 31.9 Å². The summed E-state index contributed by atoms with van der Waals surface area (Å²) >= 11 is 0. The van der Waals surface area contributed by atoms with Gasteiger partial charge in [0.2, 0.25) is 0 Å². The molecule has 1 aliphatic rings. The van der Waals surface area contributed by atoms with Gasteiger partial charge in [0.25, 0.3) is 0 Å². The van der Waals surface area contributed by atoms with Gasteiger partial charge >= 0.3 is 0 Å². The molecule has 3 radical (unpaired) electrons. The highest BCUT2D eigenvalue weighted by Crippen LogP contribution is 2.60. The van der Waals surface area contributed by atoms with E-state index >= 15 is 0 Å². The topological polar surface area (TPSA) is 32.3 Å². The number of hydrogen-bond donors (Lipinski definition) is 2. The van der Waals surface area contributed by atoms with E-state index in [1.165, 1.54) is 11.1 Å². The van der Waals surface area contributed by atoms with Crippen LogP contribution in [0.3, 0.4) is 0 Å². The fraction of sp³-hybridized carbons (Fsp3) is 0.571. The Morgan fingerprint density at radius 3 is 2.56 bits per heavy atom. The minimum Gasteiger partial charge on any atom is -0.391 e. The lowest BCUT2D eigenvalue weighted by atomic mass is 10.1. The molecular weight excluding hydrogens is 240 g/mol. The molecule has 0 saturated heterocycles. The van der Waals surface area contributed by atoms with Crippen LogP contribution in [0.25, 0.3) is 0 Å². The molecule has 97 valence electrons. The molecule has 0 aliphatic heterocycles. The Morgan fingerprint density at radius 2 is 1.94 bits per heavy atom. The Kier molecular flexibility index (Phi) is 3.61. The Balaban J connectivity index is 2.25. The van der Waals surface area contributed by atoms with Crippen molar-refractivity contribution in [2.45, 2.75) is 44.5 Å². The Bertz CT molecular complexity index is 442. The van der Waals surface area contributed by atoms with Crippen LogP contribution in [-0.4, -0.2) is 30.6 Å². The highest BCUT2D eigenvalue weighted by Gasteiger charge is 2.37. The summed E-state index contributed by atoms with van der Waals surface area (Å²) in [5, 5.41) is 13.8. The number of benzene rings is 1. The summed E-state index contributed by atoms with van der Waals surface area (Å²) < 4.78 is 0. The maximum Gasteiger partial charge on any atom is 0.0877 e. The third-order valence-corrected chi connectivity index (χ3v) is 7.61. The number of rotatable bonds is 2. The molecule has 1 aliphatic carbocycles. The molecule has 1 aromatic rings. The Hall–Kier alpha value is -0.365. The lowest BCUT2D eigenvalue weighted by Crippen LogP contribution is -2.36. The third kappa shape index (κ3) is 2.50. The van der Waals surface area contributed by atoms with Crippen molar-refractivity contribution in [2.24, 2.45) is 0 Å². The van der Waals surface area contributed by atoms with Crippen LogP contribution in [0.2, 0.25) is 0 Å².